The molecule has 1 rings (SSSR count). The molecule has 1 saturated carbocycles. The van der Waals surface area contributed by atoms with Crippen LogP contribution in [0.15, 0.2) is 0 Å². The van der Waals surface area contributed by atoms with Crippen LogP contribution in [0.1, 0.15) is 45.4 Å². The van der Waals surface area contributed by atoms with Gasteiger partial charge in [-0.1, -0.05) is 26.2 Å². The van der Waals surface area contributed by atoms with E-state index in [4.69, 9.17) is 5.26 Å². The van der Waals surface area contributed by atoms with Gasteiger partial charge in [0, 0.05) is 6.42 Å². The van der Waals surface area contributed by atoms with Crippen molar-refractivity contribution in [1.82, 2.24) is 0 Å². The van der Waals surface area contributed by atoms with Crippen LogP contribution < -0.4 is 0 Å². The van der Waals surface area contributed by atoms with E-state index in [0.29, 0.717) is 0 Å². The van der Waals surface area contributed by atoms with Gasteiger partial charge in [-0.2, -0.15) is 5.26 Å². The second-order valence-electron chi connectivity index (χ2n) is 3.83. The lowest BCUT2D eigenvalue weighted by Crippen LogP contribution is -2.12. The average molecular weight is 151 g/mol. The SMILES string of the molecule is CC1CCCC(CCC#N)C1. The summed E-state index contributed by atoms with van der Waals surface area (Å²) in [4.78, 5) is 0. The molecule has 0 aromatic rings. The van der Waals surface area contributed by atoms with Crippen LogP contribution in [0.4, 0.5) is 0 Å². The molecule has 0 N–H and O–H groups in total. The fraction of sp³-hybridized carbons (Fsp3) is 0.900. The summed E-state index contributed by atoms with van der Waals surface area (Å²) < 4.78 is 0. The zero-order valence-electron chi connectivity index (χ0n) is 7.34. The monoisotopic (exact) mass is 151 g/mol. The minimum absolute atomic E-state index is 0.761. The molecular formula is C10H17N. The van der Waals surface area contributed by atoms with Crippen LogP contribution in [0, 0.1) is 23.2 Å². The zero-order chi connectivity index (χ0) is 8.10. The maximum Gasteiger partial charge on any atom is 0.0621 e. The third-order valence-electron chi connectivity index (χ3n) is 2.71. The molecule has 0 aromatic heterocycles. The Labute approximate surface area is 69.4 Å². The van der Waals surface area contributed by atoms with E-state index >= 15 is 0 Å². The number of nitriles is 1. The lowest BCUT2D eigenvalue weighted by Gasteiger charge is -2.25. The topological polar surface area (TPSA) is 23.8 Å². The van der Waals surface area contributed by atoms with Crippen molar-refractivity contribution in [3.63, 3.8) is 0 Å². The van der Waals surface area contributed by atoms with Gasteiger partial charge in [0.05, 0.1) is 6.07 Å². The highest BCUT2D eigenvalue weighted by Gasteiger charge is 2.17. The Morgan fingerprint density at radius 1 is 1.45 bits per heavy atom. The van der Waals surface area contributed by atoms with Crippen molar-refractivity contribution in [2.45, 2.75) is 45.4 Å². The van der Waals surface area contributed by atoms with Crippen molar-refractivity contribution in [2.24, 2.45) is 11.8 Å². The normalized spacial score (nSPS) is 31.3. The van der Waals surface area contributed by atoms with Crippen molar-refractivity contribution in [1.29, 1.82) is 5.26 Å². The fourth-order valence-electron chi connectivity index (χ4n) is 2.09. The van der Waals surface area contributed by atoms with E-state index in [1.807, 2.05) is 0 Å². The van der Waals surface area contributed by atoms with E-state index in [2.05, 4.69) is 13.0 Å². The highest BCUT2D eigenvalue weighted by molar-refractivity contribution is 4.76. The summed E-state index contributed by atoms with van der Waals surface area (Å²) in [5, 5.41) is 8.41. The molecule has 0 aromatic carbocycles. The third kappa shape index (κ3) is 2.93. The molecular weight excluding hydrogens is 134 g/mol. The standard InChI is InChI=1S/C10H17N/c1-9-4-2-5-10(8-9)6-3-7-11/h9-10H,2-6,8H2,1H3. The number of hydrogen-bond donors (Lipinski definition) is 0. The van der Waals surface area contributed by atoms with Crippen molar-refractivity contribution in [3.05, 3.63) is 0 Å². The summed E-state index contributed by atoms with van der Waals surface area (Å²) >= 11 is 0. The molecule has 0 bridgehead atoms. The van der Waals surface area contributed by atoms with E-state index in [1.54, 1.807) is 0 Å². The Bertz CT molecular complexity index is 145. The lowest BCUT2D eigenvalue weighted by atomic mass is 9.80. The van der Waals surface area contributed by atoms with Crippen LogP contribution in [0.3, 0.4) is 0 Å². The first-order valence-electron chi connectivity index (χ1n) is 4.70. The van der Waals surface area contributed by atoms with Crippen LogP contribution in [0.2, 0.25) is 0 Å². The molecule has 1 heteroatoms. The van der Waals surface area contributed by atoms with Gasteiger partial charge in [-0.05, 0) is 24.7 Å². The molecule has 0 aliphatic heterocycles. The maximum absolute atomic E-state index is 8.41. The predicted octanol–water partition coefficient (Wildman–Crippen LogP) is 3.12. The van der Waals surface area contributed by atoms with Crippen LogP contribution in [0.5, 0.6) is 0 Å². The van der Waals surface area contributed by atoms with Gasteiger partial charge in [0.2, 0.25) is 0 Å². The molecule has 0 spiro atoms. The molecule has 62 valence electrons. The second-order valence-corrected chi connectivity index (χ2v) is 3.83. The summed E-state index contributed by atoms with van der Waals surface area (Å²) in [6, 6.07) is 2.23. The lowest BCUT2D eigenvalue weighted by molar-refractivity contribution is 0.272. The molecule has 0 heterocycles. The van der Waals surface area contributed by atoms with E-state index in [-0.39, 0.29) is 0 Å². The average Bonchev–Trinajstić information content (AvgIpc) is 2.01. The Hall–Kier alpha value is -0.510. The minimum atomic E-state index is 0.761. The molecule has 11 heavy (non-hydrogen) atoms. The first-order valence-corrected chi connectivity index (χ1v) is 4.70. The predicted molar refractivity (Wildman–Crippen MR) is 46.0 cm³/mol. The summed E-state index contributed by atoms with van der Waals surface area (Å²) in [5.41, 5.74) is 0. The van der Waals surface area contributed by atoms with Crippen molar-refractivity contribution >= 4 is 0 Å². The molecule has 1 nitrogen and oxygen atoms in total. The molecule has 1 aliphatic rings. The zero-order valence-corrected chi connectivity index (χ0v) is 7.34. The first kappa shape index (κ1) is 8.59. The number of rotatable bonds is 2. The maximum atomic E-state index is 8.41. The fourth-order valence-corrected chi connectivity index (χ4v) is 2.09. The van der Waals surface area contributed by atoms with E-state index in [9.17, 15) is 0 Å². The summed E-state index contributed by atoms with van der Waals surface area (Å²) in [6.45, 7) is 2.33. The van der Waals surface area contributed by atoms with Gasteiger partial charge in [-0.3, -0.25) is 0 Å². The largest absolute Gasteiger partial charge is 0.198 e. The number of nitrogens with zero attached hydrogens (tertiary/aromatic N) is 1. The van der Waals surface area contributed by atoms with Gasteiger partial charge in [0.15, 0.2) is 0 Å². The Balaban J connectivity index is 2.18. The summed E-state index contributed by atoms with van der Waals surface area (Å²) in [6.07, 6.45) is 7.42. The second kappa shape index (κ2) is 4.38. The van der Waals surface area contributed by atoms with Crippen molar-refractivity contribution < 1.29 is 0 Å². The molecule has 0 amide bonds. The Kier molecular flexibility index (Phi) is 3.42. The Morgan fingerprint density at radius 3 is 2.91 bits per heavy atom. The first-order chi connectivity index (χ1) is 5.33. The molecule has 1 aliphatic carbocycles. The molecule has 2 unspecified atom stereocenters. The highest BCUT2D eigenvalue weighted by Crippen LogP contribution is 2.31. The van der Waals surface area contributed by atoms with Crippen LogP contribution >= 0.6 is 0 Å². The summed E-state index contributed by atoms with van der Waals surface area (Å²) in [5.74, 6) is 1.77. The smallest absolute Gasteiger partial charge is 0.0621 e. The highest BCUT2D eigenvalue weighted by atomic mass is 14.3. The van der Waals surface area contributed by atoms with Gasteiger partial charge in [0.25, 0.3) is 0 Å². The van der Waals surface area contributed by atoms with Gasteiger partial charge in [0.1, 0.15) is 0 Å². The van der Waals surface area contributed by atoms with E-state index in [0.717, 1.165) is 24.7 Å². The Morgan fingerprint density at radius 2 is 2.27 bits per heavy atom. The molecule has 2 atom stereocenters. The van der Waals surface area contributed by atoms with Crippen LogP contribution in [0.25, 0.3) is 0 Å². The minimum Gasteiger partial charge on any atom is -0.198 e. The molecule has 0 radical (unpaired) electrons. The third-order valence-corrected chi connectivity index (χ3v) is 2.71. The molecule has 1 fully saturated rings. The van der Waals surface area contributed by atoms with Crippen molar-refractivity contribution in [2.75, 3.05) is 0 Å². The number of hydrogen-bond acceptors (Lipinski definition) is 1. The van der Waals surface area contributed by atoms with Crippen molar-refractivity contribution in [3.8, 4) is 6.07 Å². The van der Waals surface area contributed by atoms with Crippen LogP contribution in [-0.2, 0) is 0 Å². The van der Waals surface area contributed by atoms with Gasteiger partial charge >= 0.3 is 0 Å². The van der Waals surface area contributed by atoms with Gasteiger partial charge < -0.3 is 0 Å². The van der Waals surface area contributed by atoms with Crippen LogP contribution in [-0.4, -0.2) is 0 Å². The quantitative estimate of drug-likeness (QED) is 0.595. The van der Waals surface area contributed by atoms with E-state index in [1.165, 1.54) is 25.7 Å². The van der Waals surface area contributed by atoms with Gasteiger partial charge in [-0.25, -0.2) is 0 Å². The van der Waals surface area contributed by atoms with Gasteiger partial charge in [-0.15, -0.1) is 0 Å². The van der Waals surface area contributed by atoms with E-state index < -0.39 is 0 Å². The molecule has 0 saturated heterocycles. The summed E-state index contributed by atoms with van der Waals surface area (Å²) in [7, 11) is 0.